The minimum absolute atomic E-state index is 0.580. The van der Waals surface area contributed by atoms with Crippen LogP contribution >= 0.6 is 0 Å². The predicted molar refractivity (Wildman–Crippen MR) is 53.9 cm³/mol. The summed E-state index contributed by atoms with van der Waals surface area (Å²) in [4.78, 5) is 6.44. The average molecular weight is 177 g/mol. The lowest BCUT2D eigenvalue weighted by Crippen LogP contribution is -2.49. The average Bonchev–Trinajstić information content (AvgIpc) is 2.20. The molecule has 1 fully saturated rings. The molecule has 13 heavy (non-hydrogen) atoms. The number of hydrogen-bond donors (Lipinski definition) is 1. The number of anilines is 1. The van der Waals surface area contributed by atoms with Gasteiger partial charge >= 0.3 is 0 Å². The molecule has 0 aromatic carbocycles. The van der Waals surface area contributed by atoms with Crippen LogP contribution in [0.15, 0.2) is 24.5 Å². The lowest BCUT2D eigenvalue weighted by atomic mass is 10.2. The number of piperazine rings is 1. The molecule has 1 aliphatic heterocycles. The van der Waals surface area contributed by atoms with Gasteiger partial charge in [0.05, 0.1) is 0 Å². The smallest absolute Gasteiger partial charge is 0.0400 e. The monoisotopic (exact) mass is 177 g/mol. The molecule has 1 aromatic heterocycles. The summed E-state index contributed by atoms with van der Waals surface area (Å²) in [6.07, 6.45) is 3.70. The second-order valence-corrected chi connectivity index (χ2v) is 3.45. The maximum Gasteiger partial charge on any atom is 0.0400 e. The van der Waals surface area contributed by atoms with Gasteiger partial charge in [0.1, 0.15) is 0 Å². The Morgan fingerprint density at radius 3 is 2.92 bits per heavy atom. The molecule has 3 heteroatoms. The van der Waals surface area contributed by atoms with Gasteiger partial charge in [-0.1, -0.05) is 0 Å². The third kappa shape index (κ3) is 1.80. The fourth-order valence-corrected chi connectivity index (χ4v) is 1.76. The zero-order valence-electron chi connectivity index (χ0n) is 7.90. The molecule has 3 nitrogen and oxygen atoms in total. The van der Waals surface area contributed by atoms with E-state index in [4.69, 9.17) is 0 Å². The van der Waals surface area contributed by atoms with Gasteiger partial charge in [-0.25, -0.2) is 0 Å². The number of aromatic nitrogens is 1. The highest BCUT2D eigenvalue weighted by atomic mass is 15.2. The van der Waals surface area contributed by atoms with Crippen molar-refractivity contribution in [1.82, 2.24) is 10.3 Å². The molecule has 1 saturated heterocycles. The minimum Gasteiger partial charge on any atom is -0.366 e. The fraction of sp³-hybridized carbons (Fsp3) is 0.500. The van der Waals surface area contributed by atoms with E-state index in [2.05, 4.69) is 34.3 Å². The second-order valence-electron chi connectivity index (χ2n) is 3.45. The van der Waals surface area contributed by atoms with E-state index in [-0.39, 0.29) is 0 Å². The van der Waals surface area contributed by atoms with Crippen molar-refractivity contribution in [1.29, 1.82) is 0 Å². The van der Waals surface area contributed by atoms with Crippen LogP contribution in [0.1, 0.15) is 6.92 Å². The summed E-state index contributed by atoms with van der Waals surface area (Å²) in [5.41, 5.74) is 1.28. The van der Waals surface area contributed by atoms with Gasteiger partial charge in [0.25, 0.3) is 0 Å². The van der Waals surface area contributed by atoms with Gasteiger partial charge in [0.15, 0.2) is 0 Å². The molecule has 1 aromatic rings. The molecule has 0 saturated carbocycles. The van der Waals surface area contributed by atoms with Gasteiger partial charge < -0.3 is 10.2 Å². The van der Waals surface area contributed by atoms with Crippen LogP contribution in [0.3, 0.4) is 0 Å². The molecule has 2 heterocycles. The zero-order valence-corrected chi connectivity index (χ0v) is 7.90. The Bertz CT molecular complexity index is 260. The van der Waals surface area contributed by atoms with Crippen molar-refractivity contribution in [2.24, 2.45) is 0 Å². The summed E-state index contributed by atoms with van der Waals surface area (Å²) in [5, 5.41) is 3.38. The molecule has 0 spiro atoms. The summed E-state index contributed by atoms with van der Waals surface area (Å²) in [6.45, 7) is 5.48. The van der Waals surface area contributed by atoms with Crippen molar-refractivity contribution in [3.63, 3.8) is 0 Å². The third-order valence-corrected chi connectivity index (χ3v) is 2.50. The number of rotatable bonds is 1. The lowest BCUT2D eigenvalue weighted by molar-refractivity contribution is 0.501. The van der Waals surface area contributed by atoms with Crippen molar-refractivity contribution in [2.75, 3.05) is 24.5 Å². The lowest BCUT2D eigenvalue weighted by Gasteiger charge is -2.35. The van der Waals surface area contributed by atoms with Crippen LogP contribution in [-0.2, 0) is 0 Å². The van der Waals surface area contributed by atoms with E-state index in [9.17, 15) is 0 Å². The van der Waals surface area contributed by atoms with E-state index in [0.29, 0.717) is 6.04 Å². The van der Waals surface area contributed by atoms with Crippen molar-refractivity contribution in [2.45, 2.75) is 13.0 Å². The van der Waals surface area contributed by atoms with E-state index in [1.54, 1.807) is 0 Å². The molecule has 1 N–H and O–H groups in total. The summed E-state index contributed by atoms with van der Waals surface area (Å²) in [7, 11) is 0. The first-order valence-electron chi connectivity index (χ1n) is 4.75. The van der Waals surface area contributed by atoms with E-state index in [1.807, 2.05) is 12.4 Å². The summed E-state index contributed by atoms with van der Waals surface area (Å²) < 4.78 is 0. The van der Waals surface area contributed by atoms with Crippen LogP contribution in [-0.4, -0.2) is 30.7 Å². The Morgan fingerprint density at radius 1 is 1.46 bits per heavy atom. The van der Waals surface area contributed by atoms with E-state index < -0.39 is 0 Å². The zero-order chi connectivity index (χ0) is 9.10. The number of nitrogens with one attached hydrogen (secondary N) is 1. The van der Waals surface area contributed by atoms with E-state index in [1.165, 1.54) is 5.69 Å². The first-order chi connectivity index (χ1) is 6.38. The SMILES string of the molecule is C[C@@H]1CNCCN1c1ccncc1. The molecule has 0 radical (unpaired) electrons. The van der Waals surface area contributed by atoms with Gasteiger partial charge in [0.2, 0.25) is 0 Å². The molecule has 0 amide bonds. The van der Waals surface area contributed by atoms with Crippen LogP contribution < -0.4 is 10.2 Å². The second kappa shape index (κ2) is 3.75. The normalized spacial score (nSPS) is 23.2. The summed E-state index contributed by atoms with van der Waals surface area (Å²) in [6, 6.07) is 4.72. The Labute approximate surface area is 78.8 Å². The maximum atomic E-state index is 4.02. The summed E-state index contributed by atoms with van der Waals surface area (Å²) >= 11 is 0. The fourth-order valence-electron chi connectivity index (χ4n) is 1.76. The third-order valence-electron chi connectivity index (χ3n) is 2.50. The minimum atomic E-state index is 0.580. The van der Waals surface area contributed by atoms with Crippen molar-refractivity contribution < 1.29 is 0 Å². The maximum absolute atomic E-state index is 4.02. The van der Waals surface area contributed by atoms with Crippen LogP contribution in [0.4, 0.5) is 5.69 Å². The van der Waals surface area contributed by atoms with Gasteiger partial charge in [-0.05, 0) is 19.1 Å². The van der Waals surface area contributed by atoms with E-state index >= 15 is 0 Å². The van der Waals surface area contributed by atoms with Crippen molar-refractivity contribution >= 4 is 5.69 Å². The van der Waals surface area contributed by atoms with E-state index in [0.717, 1.165) is 19.6 Å². The van der Waals surface area contributed by atoms with Crippen LogP contribution in [0, 0.1) is 0 Å². The Balaban J connectivity index is 2.15. The predicted octanol–water partition coefficient (Wildman–Crippen LogP) is 0.880. The Kier molecular flexibility index (Phi) is 2.45. The number of nitrogens with zero attached hydrogens (tertiary/aromatic N) is 2. The first kappa shape index (κ1) is 8.51. The van der Waals surface area contributed by atoms with Gasteiger partial charge in [-0.2, -0.15) is 0 Å². The Morgan fingerprint density at radius 2 is 2.23 bits per heavy atom. The first-order valence-corrected chi connectivity index (χ1v) is 4.75. The van der Waals surface area contributed by atoms with Crippen LogP contribution in [0.2, 0.25) is 0 Å². The number of hydrogen-bond acceptors (Lipinski definition) is 3. The molecule has 0 bridgehead atoms. The van der Waals surface area contributed by atoms with Crippen LogP contribution in [0.5, 0.6) is 0 Å². The largest absolute Gasteiger partial charge is 0.366 e. The molecule has 1 atom stereocenters. The standard InChI is InChI=1S/C10H15N3/c1-9-8-12-6-7-13(9)10-2-4-11-5-3-10/h2-5,9,12H,6-8H2,1H3/t9-/m1/s1. The molecule has 2 rings (SSSR count). The van der Waals surface area contributed by atoms with Gasteiger partial charge in [-0.3, -0.25) is 4.98 Å². The number of pyridine rings is 1. The molecular weight excluding hydrogens is 162 g/mol. The molecule has 70 valence electrons. The van der Waals surface area contributed by atoms with Gasteiger partial charge in [-0.15, -0.1) is 0 Å². The highest BCUT2D eigenvalue weighted by Crippen LogP contribution is 2.16. The highest BCUT2D eigenvalue weighted by Gasteiger charge is 2.17. The van der Waals surface area contributed by atoms with Crippen molar-refractivity contribution in [3.8, 4) is 0 Å². The Hall–Kier alpha value is -1.09. The topological polar surface area (TPSA) is 28.2 Å². The molecular formula is C10H15N3. The summed E-state index contributed by atoms with van der Waals surface area (Å²) in [5.74, 6) is 0. The highest BCUT2D eigenvalue weighted by molar-refractivity contribution is 5.46. The van der Waals surface area contributed by atoms with Crippen molar-refractivity contribution in [3.05, 3.63) is 24.5 Å². The van der Waals surface area contributed by atoms with Gasteiger partial charge in [0, 0.05) is 43.8 Å². The quantitative estimate of drug-likeness (QED) is 0.690. The van der Waals surface area contributed by atoms with Crippen LogP contribution in [0.25, 0.3) is 0 Å². The molecule has 0 unspecified atom stereocenters. The molecule has 0 aliphatic carbocycles. The molecule has 1 aliphatic rings.